The second kappa shape index (κ2) is 3.95. The Hall–Kier alpha value is -1.48. The van der Waals surface area contributed by atoms with Crippen LogP contribution in [0.5, 0.6) is 5.75 Å². The Balaban J connectivity index is 2.41. The summed E-state index contributed by atoms with van der Waals surface area (Å²) >= 11 is 0. The molecule has 0 aliphatic rings. The zero-order valence-corrected chi connectivity index (χ0v) is 8.95. The summed E-state index contributed by atoms with van der Waals surface area (Å²) in [7, 11) is 0. The first-order valence-corrected chi connectivity index (χ1v) is 5.13. The van der Waals surface area contributed by atoms with Crippen molar-refractivity contribution in [3.63, 3.8) is 0 Å². The normalized spacial score (nSPS) is 13.0. The van der Waals surface area contributed by atoms with E-state index in [1.165, 1.54) is 0 Å². The Kier molecular flexibility index (Phi) is 2.64. The smallest absolute Gasteiger partial charge is 0.197 e. The van der Waals surface area contributed by atoms with E-state index in [0.717, 1.165) is 22.3 Å². The van der Waals surface area contributed by atoms with Crippen molar-refractivity contribution >= 4 is 10.9 Å². The molecule has 1 unspecified atom stereocenters. The summed E-state index contributed by atoms with van der Waals surface area (Å²) in [4.78, 5) is 3.23. The van der Waals surface area contributed by atoms with Crippen molar-refractivity contribution in [2.75, 3.05) is 0 Å². The number of aliphatic hydroxyl groups excluding tert-OH is 1. The summed E-state index contributed by atoms with van der Waals surface area (Å²) in [6.45, 7) is 3.88. The van der Waals surface area contributed by atoms with Gasteiger partial charge in [0, 0.05) is 23.0 Å². The molecule has 0 fully saturated rings. The number of aryl methyl sites for hydroxylation is 1. The number of aromatic nitrogens is 1. The molecule has 0 bridgehead atoms. The van der Waals surface area contributed by atoms with Crippen LogP contribution in [0.15, 0.2) is 24.3 Å². The Morgan fingerprint density at radius 3 is 3.00 bits per heavy atom. The van der Waals surface area contributed by atoms with E-state index in [0.29, 0.717) is 6.42 Å². The number of rotatable bonds is 3. The van der Waals surface area contributed by atoms with Crippen molar-refractivity contribution in [1.82, 2.24) is 4.98 Å². The second-order valence-corrected chi connectivity index (χ2v) is 3.65. The van der Waals surface area contributed by atoms with Crippen LogP contribution in [0.2, 0.25) is 0 Å². The molecule has 1 aromatic carbocycles. The van der Waals surface area contributed by atoms with E-state index < -0.39 is 6.29 Å². The van der Waals surface area contributed by atoms with E-state index in [4.69, 9.17) is 4.74 Å². The number of ether oxygens (including phenoxy) is 1. The van der Waals surface area contributed by atoms with Gasteiger partial charge < -0.3 is 14.8 Å². The Morgan fingerprint density at radius 1 is 1.47 bits per heavy atom. The molecule has 80 valence electrons. The Labute approximate surface area is 88.7 Å². The van der Waals surface area contributed by atoms with Gasteiger partial charge in [-0.15, -0.1) is 0 Å². The van der Waals surface area contributed by atoms with Gasteiger partial charge in [-0.1, -0.05) is 13.0 Å². The molecule has 0 spiro atoms. The molecule has 1 heterocycles. The number of benzene rings is 1. The van der Waals surface area contributed by atoms with Gasteiger partial charge in [-0.25, -0.2) is 0 Å². The van der Waals surface area contributed by atoms with Crippen molar-refractivity contribution in [3.05, 3.63) is 30.0 Å². The number of aromatic amines is 1. The number of H-pyrrole nitrogens is 1. The lowest BCUT2D eigenvalue weighted by Gasteiger charge is -2.11. The minimum absolute atomic E-state index is 0.583. The first-order valence-electron chi connectivity index (χ1n) is 5.13. The van der Waals surface area contributed by atoms with Gasteiger partial charge in [0.1, 0.15) is 5.75 Å². The van der Waals surface area contributed by atoms with Crippen LogP contribution in [0.1, 0.15) is 19.0 Å². The van der Waals surface area contributed by atoms with Gasteiger partial charge in [0.05, 0.1) is 0 Å². The average molecular weight is 205 g/mol. The monoisotopic (exact) mass is 205 g/mol. The third kappa shape index (κ3) is 1.97. The van der Waals surface area contributed by atoms with Gasteiger partial charge in [-0.05, 0) is 25.1 Å². The molecule has 3 nitrogen and oxygen atoms in total. The van der Waals surface area contributed by atoms with Crippen LogP contribution < -0.4 is 4.74 Å². The topological polar surface area (TPSA) is 45.2 Å². The third-order valence-electron chi connectivity index (χ3n) is 2.37. The summed E-state index contributed by atoms with van der Waals surface area (Å²) < 4.78 is 5.43. The van der Waals surface area contributed by atoms with Gasteiger partial charge in [0.15, 0.2) is 6.29 Å². The molecular formula is C12H15NO2. The van der Waals surface area contributed by atoms with E-state index >= 15 is 0 Å². The fourth-order valence-electron chi connectivity index (χ4n) is 1.60. The number of hydrogen-bond acceptors (Lipinski definition) is 2. The van der Waals surface area contributed by atoms with Crippen LogP contribution in [-0.4, -0.2) is 16.4 Å². The quantitative estimate of drug-likeness (QED) is 0.756. The zero-order valence-electron chi connectivity index (χ0n) is 8.95. The van der Waals surface area contributed by atoms with E-state index in [1.54, 1.807) is 0 Å². The Morgan fingerprint density at radius 2 is 2.27 bits per heavy atom. The van der Waals surface area contributed by atoms with Gasteiger partial charge in [0.25, 0.3) is 0 Å². The van der Waals surface area contributed by atoms with Crippen molar-refractivity contribution in [1.29, 1.82) is 0 Å². The first-order chi connectivity index (χ1) is 7.20. The van der Waals surface area contributed by atoms with E-state index in [-0.39, 0.29) is 0 Å². The highest BCUT2D eigenvalue weighted by atomic mass is 16.6. The van der Waals surface area contributed by atoms with E-state index in [1.807, 2.05) is 38.1 Å². The van der Waals surface area contributed by atoms with Crippen molar-refractivity contribution in [2.45, 2.75) is 26.6 Å². The molecule has 0 saturated heterocycles. The number of nitrogens with one attached hydrogen (secondary N) is 1. The minimum atomic E-state index is -0.731. The molecule has 15 heavy (non-hydrogen) atoms. The largest absolute Gasteiger partial charge is 0.464 e. The molecule has 3 heteroatoms. The maximum atomic E-state index is 9.45. The van der Waals surface area contributed by atoms with Crippen LogP contribution in [0.3, 0.4) is 0 Å². The molecule has 0 aliphatic heterocycles. The second-order valence-electron chi connectivity index (χ2n) is 3.65. The molecule has 1 aromatic heterocycles. The summed E-state index contributed by atoms with van der Waals surface area (Å²) in [6.07, 6.45) is -0.148. The van der Waals surface area contributed by atoms with E-state index in [9.17, 15) is 5.11 Å². The third-order valence-corrected chi connectivity index (χ3v) is 2.37. The average Bonchev–Trinajstić information content (AvgIpc) is 2.59. The van der Waals surface area contributed by atoms with Crippen LogP contribution >= 0.6 is 0 Å². The highest BCUT2D eigenvalue weighted by Gasteiger charge is 2.07. The molecular weight excluding hydrogens is 190 g/mol. The molecule has 0 amide bonds. The lowest BCUT2D eigenvalue weighted by molar-refractivity contribution is -0.0180. The Bertz CT molecular complexity index is 462. The lowest BCUT2D eigenvalue weighted by Crippen LogP contribution is -2.13. The fourth-order valence-corrected chi connectivity index (χ4v) is 1.60. The molecule has 2 N–H and O–H groups in total. The first kappa shape index (κ1) is 10.1. The summed E-state index contributed by atoms with van der Waals surface area (Å²) in [6, 6.07) is 7.80. The molecule has 0 aliphatic carbocycles. The summed E-state index contributed by atoms with van der Waals surface area (Å²) in [5.74, 6) is 0.728. The standard InChI is InChI=1S/C12H15NO2/c1-3-12(14)15-11-6-4-5-10-9(11)7-8(2)13-10/h4-7,12-14H,3H2,1-2H3. The van der Waals surface area contributed by atoms with Crippen molar-refractivity contribution in [3.8, 4) is 5.75 Å². The van der Waals surface area contributed by atoms with Crippen LogP contribution in [-0.2, 0) is 0 Å². The van der Waals surface area contributed by atoms with Crippen LogP contribution in [0.25, 0.3) is 10.9 Å². The summed E-state index contributed by atoms with van der Waals surface area (Å²) in [5.41, 5.74) is 2.13. The lowest BCUT2D eigenvalue weighted by atomic mass is 10.2. The van der Waals surface area contributed by atoms with Crippen molar-refractivity contribution in [2.24, 2.45) is 0 Å². The minimum Gasteiger partial charge on any atom is -0.464 e. The number of aliphatic hydroxyl groups is 1. The van der Waals surface area contributed by atoms with Gasteiger partial charge in [-0.2, -0.15) is 0 Å². The molecule has 2 rings (SSSR count). The SMILES string of the molecule is CCC(O)Oc1cccc2[nH]c(C)cc12. The van der Waals surface area contributed by atoms with Crippen LogP contribution in [0, 0.1) is 6.92 Å². The number of hydrogen-bond donors (Lipinski definition) is 2. The molecule has 2 aromatic rings. The molecule has 0 saturated carbocycles. The van der Waals surface area contributed by atoms with Gasteiger partial charge in [0.2, 0.25) is 0 Å². The van der Waals surface area contributed by atoms with Gasteiger partial charge in [-0.3, -0.25) is 0 Å². The molecule has 0 radical (unpaired) electrons. The number of fused-ring (bicyclic) bond motifs is 1. The maximum Gasteiger partial charge on any atom is 0.197 e. The predicted molar refractivity (Wildman–Crippen MR) is 60.0 cm³/mol. The highest BCUT2D eigenvalue weighted by Crippen LogP contribution is 2.26. The predicted octanol–water partition coefficient (Wildman–Crippen LogP) is 2.58. The highest BCUT2D eigenvalue weighted by molar-refractivity contribution is 5.86. The van der Waals surface area contributed by atoms with Crippen molar-refractivity contribution < 1.29 is 9.84 Å². The molecule has 1 atom stereocenters. The van der Waals surface area contributed by atoms with Gasteiger partial charge >= 0.3 is 0 Å². The summed E-state index contributed by atoms with van der Waals surface area (Å²) in [5, 5.41) is 10.5. The fraction of sp³-hybridized carbons (Fsp3) is 0.333. The maximum absolute atomic E-state index is 9.45. The van der Waals surface area contributed by atoms with Crippen LogP contribution in [0.4, 0.5) is 0 Å². The van der Waals surface area contributed by atoms with E-state index in [2.05, 4.69) is 4.98 Å². The zero-order chi connectivity index (χ0) is 10.8.